The van der Waals surface area contributed by atoms with Gasteiger partial charge in [-0.2, -0.15) is 0 Å². The molecule has 1 unspecified atom stereocenters. The maximum atomic E-state index is 10.3. The second-order valence-electron chi connectivity index (χ2n) is 5.36. The Labute approximate surface area is 127 Å². The molecule has 0 radical (unpaired) electrons. The maximum absolute atomic E-state index is 10.3. The lowest BCUT2D eigenvalue weighted by Gasteiger charge is -2.20. The van der Waals surface area contributed by atoms with E-state index >= 15 is 0 Å². The summed E-state index contributed by atoms with van der Waals surface area (Å²) >= 11 is 0. The molecule has 0 aliphatic carbocycles. The Morgan fingerprint density at radius 3 is 2.10 bits per heavy atom. The molecule has 1 N–H and O–H groups in total. The molecule has 0 aliphatic rings. The van der Waals surface area contributed by atoms with Crippen molar-refractivity contribution in [2.24, 2.45) is 5.92 Å². The highest BCUT2D eigenvalue weighted by molar-refractivity contribution is 5.29. The van der Waals surface area contributed by atoms with E-state index in [1.807, 2.05) is 54.6 Å². The summed E-state index contributed by atoms with van der Waals surface area (Å²) < 4.78 is 5.76. The first-order valence-electron chi connectivity index (χ1n) is 7.69. The van der Waals surface area contributed by atoms with Gasteiger partial charge in [-0.05, 0) is 29.2 Å². The van der Waals surface area contributed by atoms with Gasteiger partial charge in [0.15, 0.2) is 0 Å². The molecule has 0 saturated heterocycles. The van der Waals surface area contributed by atoms with Crippen molar-refractivity contribution in [3.05, 3.63) is 65.7 Å². The lowest BCUT2D eigenvalue weighted by atomic mass is 9.91. The van der Waals surface area contributed by atoms with Crippen LogP contribution in [0.15, 0.2) is 54.6 Å². The average molecular weight is 284 g/mol. The van der Waals surface area contributed by atoms with Crippen molar-refractivity contribution in [1.29, 1.82) is 0 Å². The van der Waals surface area contributed by atoms with Crippen LogP contribution in [0.3, 0.4) is 0 Å². The Morgan fingerprint density at radius 1 is 0.905 bits per heavy atom. The number of hydrogen-bond acceptors (Lipinski definition) is 2. The fraction of sp³-hybridized carbons (Fsp3) is 0.368. The van der Waals surface area contributed by atoms with E-state index in [-0.39, 0.29) is 6.10 Å². The molecule has 0 fully saturated rings. The van der Waals surface area contributed by atoms with Gasteiger partial charge in [0.1, 0.15) is 12.4 Å². The van der Waals surface area contributed by atoms with Crippen molar-refractivity contribution in [2.45, 2.75) is 39.4 Å². The van der Waals surface area contributed by atoms with E-state index in [0.717, 1.165) is 29.7 Å². The molecule has 0 spiro atoms. The molecule has 0 bridgehead atoms. The van der Waals surface area contributed by atoms with E-state index in [2.05, 4.69) is 13.8 Å². The van der Waals surface area contributed by atoms with Gasteiger partial charge in [-0.15, -0.1) is 0 Å². The summed E-state index contributed by atoms with van der Waals surface area (Å²) in [5, 5.41) is 10.3. The second-order valence-corrected chi connectivity index (χ2v) is 5.36. The molecule has 0 aliphatic heterocycles. The van der Waals surface area contributed by atoms with Crippen molar-refractivity contribution in [3.8, 4) is 5.75 Å². The highest BCUT2D eigenvalue weighted by Crippen LogP contribution is 2.28. The normalized spacial score (nSPS) is 12.4. The van der Waals surface area contributed by atoms with Crippen LogP contribution in [0.1, 0.15) is 43.9 Å². The zero-order chi connectivity index (χ0) is 15.1. The summed E-state index contributed by atoms with van der Waals surface area (Å²) in [6, 6.07) is 17.9. The van der Waals surface area contributed by atoms with Gasteiger partial charge >= 0.3 is 0 Å². The van der Waals surface area contributed by atoms with Gasteiger partial charge in [0.05, 0.1) is 6.10 Å². The molecular weight excluding hydrogens is 260 g/mol. The minimum absolute atomic E-state index is 0.320. The van der Waals surface area contributed by atoms with Crippen LogP contribution in [-0.4, -0.2) is 5.11 Å². The molecular formula is C19H24O2. The van der Waals surface area contributed by atoms with Crippen LogP contribution in [0.4, 0.5) is 0 Å². The van der Waals surface area contributed by atoms with E-state index in [9.17, 15) is 5.11 Å². The number of benzene rings is 2. The molecule has 2 aromatic carbocycles. The van der Waals surface area contributed by atoms with Gasteiger partial charge in [-0.25, -0.2) is 0 Å². The van der Waals surface area contributed by atoms with Crippen LogP contribution in [-0.2, 0) is 6.61 Å². The number of ether oxygens (including phenoxy) is 1. The van der Waals surface area contributed by atoms with Crippen molar-refractivity contribution < 1.29 is 9.84 Å². The SMILES string of the molecule is CCC(CC)C(O)c1ccc(OCc2ccccc2)cc1. The fourth-order valence-corrected chi connectivity index (χ4v) is 2.51. The largest absolute Gasteiger partial charge is 0.489 e. The highest BCUT2D eigenvalue weighted by atomic mass is 16.5. The molecule has 0 heterocycles. The first kappa shape index (κ1) is 15.6. The first-order chi connectivity index (χ1) is 10.2. The molecule has 0 amide bonds. The second kappa shape index (κ2) is 7.84. The first-order valence-corrected chi connectivity index (χ1v) is 7.69. The minimum atomic E-state index is -0.386. The minimum Gasteiger partial charge on any atom is -0.489 e. The molecule has 2 heteroatoms. The van der Waals surface area contributed by atoms with Gasteiger partial charge in [-0.3, -0.25) is 0 Å². The van der Waals surface area contributed by atoms with Gasteiger partial charge < -0.3 is 9.84 Å². The third kappa shape index (κ3) is 4.33. The van der Waals surface area contributed by atoms with Gasteiger partial charge in [0.2, 0.25) is 0 Å². The molecule has 1 atom stereocenters. The third-order valence-corrected chi connectivity index (χ3v) is 3.97. The van der Waals surface area contributed by atoms with E-state index in [1.54, 1.807) is 0 Å². The Hall–Kier alpha value is -1.80. The van der Waals surface area contributed by atoms with Gasteiger partial charge in [0.25, 0.3) is 0 Å². The summed E-state index contributed by atoms with van der Waals surface area (Å²) in [5.74, 6) is 1.15. The molecule has 2 aromatic rings. The predicted octanol–water partition coefficient (Wildman–Crippen LogP) is 4.74. The number of hydrogen-bond donors (Lipinski definition) is 1. The monoisotopic (exact) mass is 284 g/mol. The summed E-state index contributed by atoms with van der Waals surface area (Å²) in [5.41, 5.74) is 2.12. The number of aliphatic hydroxyl groups excluding tert-OH is 1. The average Bonchev–Trinajstić information content (AvgIpc) is 2.55. The maximum Gasteiger partial charge on any atom is 0.119 e. The molecule has 21 heavy (non-hydrogen) atoms. The van der Waals surface area contributed by atoms with Crippen LogP contribution in [0.2, 0.25) is 0 Å². The molecule has 0 saturated carbocycles. The molecule has 2 rings (SSSR count). The van der Waals surface area contributed by atoms with Gasteiger partial charge in [-0.1, -0.05) is 69.2 Å². The Balaban J connectivity index is 1.95. The number of aliphatic hydroxyl groups is 1. The van der Waals surface area contributed by atoms with Crippen molar-refractivity contribution in [3.63, 3.8) is 0 Å². The Kier molecular flexibility index (Phi) is 5.82. The zero-order valence-electron chi connectivity index (χ0n) is 12.8. The smallest absolute Gasteiger partial charge is 0.119 e. The van der Waals surface area contributed by atoms with Crippen LogP contribution in [0.5, 0.6) is 5.75 Å². The number of rotatable bonds is 7. The molecule has 0 aromatic heterocycles. The van der Waals surface area contributed by atoms with Crippen molar-refractivity contribution >= 4 is 0 Å². The quantitative estimate of drug-likeness (QED) is 0.796. The predicted molar refractivity (Wildman–Crippen MR) is 86.2 cm³/mol. The zero-order valence-corrected chi connectivity index (χ0v) is 12.8. The highest BCUT2D eigenvalue weighted by Gasteiger charge is 2.17. The molecule has 2 nitrogen and oxygen atoms in total. The molecule has 112 valence electrons. The fourth-order valence-electron chi connectivity index (χ4n) is 2.51. The van der Waals surface area contributed by atoms with Crippen LogP contribution in [0.25, 0.3) is 0 Å². The Morgan fingerprint density at radius 2 is 1.52 bits per heavy atom. The standard InChI is InChI=1S/C19H24O2/c1-3-16(4-2)19(20)17-10-12-18(13-11-17)21-14-15-8-6-5-7-9-15/h5-13,16,19-20H,3-4,14H2,1-2H3. The van der Waals surface area contributed by atoms with Crippen LogP contribution >= 0.6 is 0 Å². The van der Waals surface area contributed by atoms with E-state index < -0.39 is 0 Å². The lowest BCUT2D eigenvalue weighted by molar-refractivity contribution is 0.103. The third-order valence-electron chi connectivity index (χ3n) is 3.97. The lowest BCUT2D eigenvalue weighted by Crippen LogP contribution is -2.10. The van der Waals surface area contributed by atoms with E-state index in [4.69, 9.17) is 4.74 Å². The topological polar surface area (TPSA) is 29.5 Å². The van der Waals surface area contributed by atoms with Crippen molar-refractivity contribution in [2.75, 3.05) is 0 Å². The summed E-state index contributed by atoms with van der Waals surface area (Å²) in [6.07, 6.45) is 1.59. The summed E-state index contributed by atoms with van der Waals surface area (Å²) in [7, 11) is 0. The summed E-state index contributed by atoms with van der Waals surface area (Å²) in [4.78, 5) is 0. The Bertz CT molecular complexity index is 515. The van der Waals surface area contributed by atoms with E-state index in [0.29, 0.717) is 12.5 Å². The van der Waals surface area contributed by atoms with E-state index in [1.165, 1.54) is 0 Å². The van der Waals surface area contributed by atoms with Crippen molar-refractivity contribution in [1.82, 2.24) is 0 Å². The van der Waals surface area contributed by atoms with Crippen LogP contribution < -0.4 is 4.74 Å². The van der Waals surface area contributed by atoms with Gasteiger partial charge in [0, 0.05) is 0 Å². The summed E-state index contributed by atoms with van der Waals surface area (Å²) in [6.45, 7) is 4.80. The van der Waals surface area contributed by atoms with Crippen LogP contribution in [0, 0.1) is 5.92 Å².